The minimum atomic E-state index is -3.82. The van der Waals surface area contributed by atoms with Crippen LogP contribution in [0.2, 0.25) is 0 Å². The molecule has 0 aromatic rings. The molecule has 0 radical (unpaired) electrons. The summed E-state index contributed by atoms with van der Waals surface area (Å²) >= 11 is 0. The summed E-state index contributed by atoms with van der Waals surface area (Å²) in [4.78, 5) is 17.2. The summed E-state index contributed by atoms with van der Waals surface area (Å²) < 4.78 is 10.5. The Morgan fingerprint density at radius 1 is 1.36 bits per heavy atom. The molecule has 0 aliphatic heterocycles. The SMILES string of the molecule is CCCCC[C@H](C)NCCP(=O)(O)O. The Bertz CT molecular complexity index is 181. The molecular formula is C9H22NO3P. The van der Waals surface area contributed by atoms with Crippen molar-refractivity contribution in [1.82, 2.24) is 5.32 Å². The molecule has 5 heteroatoms. The lowest BCUT2D eigenvalue weighted by molar-refractivity contribution is 0.370. The predicted molar refractivity (Wildman–Crippen MR) is 58.5 cm³/mol. The second-order valence-corrected chi connectivity index (χ2v) is 5.52. The third-order valence-electron chi connectivity index (χ3n) is 2.14. The molecule has 1 atom stereocenters. The Balaban J connectivity index is 3.35. The van der Waals surface area contributed by atoms with E-state index in [-0.39, 0.29) is 6.16 Å². The van der Waals surface area contributed by atoms with E-state index in [0.717, 1.165) is 6.42 Å². The highest BCUT2D eigenvalue weighted by Crippen LogP contribution is 2.32. The van der Waals surface area contributed by atoms with Crippen molar-refractivity contribution in [2.45, 2.75) is 45.6 Å². The van der Waals surface area contributed by atoms with Gasteiger partial charge in [0.2, 0.25) is 0 Å². The van der Waals surface area contributed by atoms with Gasteiger partial charge in [-0.1, -0.05) is 26.2 Å². The molecule has 0 amide bonds. The number of hydrogen-bond donors (Lipinski definition) is 3. The van der Waals surface area contributed by atoms with Gasteiger partial charge < -0.3 is 15.1 Å². The zero-order chi connectivity index (χ0) is 11.0. The van der Waals surface area contributed by atoms with Gasteiger partial charge >= 0.3 is 7.60 Å². The second-order valence-electron chi connectivity index (χ2n) is 3.74. The lowest BCUT2D eigenvalue weighted by Gasteiger charge is -2.13. The van der Waals surface area contributed by atoms with Crippen LogP contribution in [0.4, 0.5) is 0 Å². The first-order chi connectivity index (χ1) is 6.45. The van der Waals surface area contributed by atoms with Crippen molar-refractivity contribution in [3.8, 4) is 0 Å². The first-order valence-electron chi connectivity index (χ1n) is 5.23. The van der Waals surface area contributed by atoms with Crippen molar-refractivity contribution < 1.29 is 14.4 Å². The van der Waals surface area contributed by atoms with Crippen molar-refractivity contribution in [2.75, 3.05) is 12.7 Å². The number of hydrogen-bond acceptors (Lipinski definition) is 2. The van der Waals surface area contributed by atoms with Crippen LogP contribution < -0.4 is 5.32 Å². The van der Waals surface area contributed by atoms with E-state index in [1.54, 1.807) is 0 Å². The lowest BCUT2D eigenvalue weighted by Crippen LogP contribution is -2.28. The van der Waals surface area contributed by atoms with Crippen LogP contribution in [-0.4, -0.2) is 28.5 Å². The van der Waals surface area contributed by atoms with Crippen molar-refractivity contribution in [1.29, 1.82) is 0 Å². The van der Waals surface area contributed by atoms with E-state index in [9.17, 15) is 4.57 Å². The largest absolute Gasteiger partial charge is 0.326 e. The Labute approximate surface area is 86.3 Å². The Morgan fingerprint density at radius 3 is 2.50 bits per heavy atom. The van der Waals surface area contributed by atoms with E-state index in [1.165, 1.54) is 19.3 Å². The summed E-state index contributed by atoms with van der Waals surface area (Å²) in [5.74, 6) is 0. The maximum absolute atomic E-state index is 10.5. The fourth-order valence-electron chi connectivity index (χ4n) is 1.26. The van der Waals surface area contributed by atoms with E-state index in [2.05, 4.69) is 19.2 Å². The standard InChI is InChI=1S/C9H22NO3P/c1-3-4-5-6-9(2)10-7-8-14(11,12)13/h9-10H,3-8H2,1-2H3,(H2,11,12,13)/t9-/m0/s1. The molecule has 0 spiro atoms. The first-order valence-corrected chi connectivity index (χ1v) is 7.03. The summed E-state index contributed by atoms with van der Waals surface area (Å²) in [5.41, 5.74) is 0. The molecule has 0 aromatic heterocycles. The number of rotatable bonds is 8. The summed E-state index contributed by atoms with van der Waals surface area (Å²) in [6, 6.07) is 0.355. The maximum atomic E-state index is 10.5. The topological polar surface area (TPSA) is 69.6 Å². The Kier molecular flexibility index (Phi) is 7.47. The van der Waals surface area contributed by atoms with Gasteiger partial charge in [0, 0.05) is 12.6 Å². The molecule has 0 heterocycles. The summed E-state index contributed by atoms with van der Waals surface area (Å²) in [5, 5.41) is 3.11. The van der Waals surface area contributed by atoms with Gasteiger partial charge in [-0.3, -0.25) is 4.57 Å². The zero-order valence-corrected chi connectivity index (χ0v) is 9.96. The summed E-state index contributed by atoms with van der Waals surface area (Å²) in [6.45, 7) is 4.61. The maximum Gasteiger partial charge on any atom is 0.326 e. The van der Waals surface area contributed by atoms with Gasteiger partial charge in [-0.2, -0.15) is 0 Å². The van der Waals surface area contributed by atoms with E-state index in [1.807, 2.05) is 0 Å². The van der Waals surface area contributed by atoms with Crippen LogP contribution in [0.15, 0.2) is 0 Å². The molecule has 4 nitrogen and oxygen atoms in total. The molecule has 0 aromatic carbocycles. The smallest absolute Gasteiger partial charge is 0.324 e. The van der Waals surface area contributed by atoms with Crippen LogP contribution in [0.1, 0.15) is 39.5 Å². The van der Waals surface area contributed by atoms with Crippen LogP contribution in [0.5, 0.6) is 0 Å². The Hall–Kier alpha value is 0.110. The molecule has 0 aliphatic rings. The van der Waals surface area contributed by atoms with Crippen molar-refractivity contribution in [3.05, 3.63) is 0 Å². The molecule has 0 unspecified atom stereocenters. The van der Waals surface area contributed by atoms with Gasteiger partial charge in [0.1, 0.15) is 0 Å². The molecule has 0 bridgehead atoms. The van der Waals surface area contributed by atoms with Crippen LogP contribution in [-0.2, 0) is 4.57 Å². The van der Waals surface area contributed by atoms with E-state index < -0.39 is 7.60 Å². The van der Waals surface area contributed by atoms with Gasteiger partial charge in [-0.15, -0.1) is 0 Å². The van der Waals surface area contributed by atoms with E-state index in [0.29, 0.717) is 12.6 Å². The highest BCUT2D eigenvalue weighted by Gasteiger charge is 2.12. The van der Waals surface area contributed by atoms with E-state index in [4.69, 9.17) is 9.79 Å². The molecule has 0 aliphatic carbocycles. The Morgan fingerprint density at radius 2 is 2.00 bits per heavy atom. The number of nitrogens with one attached hydrogen (secondary N) is 1. The quantitative estimate of drug-likeness (QED) is 0.433. The van der Waals surface area contributed by atoms with Crippen molar-refractivity contribution in [2.24, 2.45) is 0 Å². The highest BCUT2D eigenvalue weighted by molar-refractivity contribution is 7.51. The minimum absolute atomic E-state index is 0.0644. The third-order valence-corrected chi connectivity index (χ3v) is 2.94. The molecular weight excluding hydrogens is 201 g/mol. The normalized spacial score (nSPS) is 14.3. The molecule has 0 fully saturated rings. The van der Waals surface area contributed by atoms with Gasteiger partial charge in [-0.05, 0) is 13.3 Å². The van der Waals surface area contributed by atoms with Crippen LogP contribution in [0, 0.1) is 0 Å². The van der Waals surface area contributed by atoms with E-state index >= 15 is 0 Å². The first kappa shape index (κ1) is 14.1. The minimum Gasteiger partial charge on any atom is -0.324 e. The zero-order valence-electron chi connectivity index (χ0n) is 9.07. The van der Waals surface area contributed by atoms with Gasteiger partial charge in [0.05, 0.1) is 6.16 Å². The monoisotopic (exact) mass is 223 g/mol. The lowest BCUT2D eigenvalue weighted by atomic mass is 10.1. The number of unbranched alkanes of at least 4 members (excludes halogenated alkanes) is 2. The molecule has 0 saturated carbocycles. The molecule has 86 valence electrons. The second kappa shape index (κ2) is 7.41. The molecule has 14 heavy (non-hydrogen) atoms. The third kappa shape index (κ3) is 10.2. The van der Waals surface area contributed by atoms with Crippen molar-refractivity contribution >= 4 is 7.60 Å². The van der Waals surface area contributed by atoms with Crippen LogP contribution in [0.25, 0.3) is 0 Å². The van der Waals surface area contributed by atoms with Gasteiger partial charge in [-0.25, -0.2) is 0 Å². The van der Waals surface area contributed by atoms with Crippen LogP contribution in [0.3, 0.4) is 0 Å². The van der Waals surface area contributed by atoms with Gasteiger partial charge in [0.15, 0.2) is 0 Å². The average molecular weight is 223 g/mol. The molecule has 3 N–H and O–H groups in total. The van der Waals surface area contributed by atoms with Gasteiger partial charge in [0.25, 0.3) is 0 Å². The van der Waals surface area contributed by atoms with Crippen LogP contribution >= 0.6 is 7.60 Å². The fraction of sp³-hybridized carbons (Fsp3) is 1.00. The average Bonchev–Trinajstić information content (AvgIpc) is 2.02. The summed E-state index contributed by atoms with van der Waals surface area (Å²) in [6.07, 6.45) is 4.63. The molecule has 0 saturated heterocycles. The fourth-order valence-corrected chi connectivity index (χ4v) is 1.68. The predicted octanol–water partition coefficient (Wildman–Crippen LogP) is 1.72. The van der Waals surface area contributed by atoms with Crippen molar-refractivity contribution in [3.63, 3.8) is 0 Å². The highest BCUT2D eigenvalue weighted by atomic mass is 31.2. The molecule has 0 rings (SSSR count). The summed E-state index contributed by atoms with van der Waals surface area (Å²) in [7, 11) is -3.82.